The molecule has 1 N–H and O–H groups in total. The highest BCUT2D eigenvalue weighted by molar-refractivity contribution is 6.31. The van der Waals surface area contributed by atoms with Gasteiger partial charge in [-0.15, -0.1) is 0 Å². The predicted molar refractivity (Wildman–Crippen MR) is 126 cm³/mol. The Bertz CT molecular complexity index is 1130. The largest absolute Gasteiger partial charge is 0.336 e. The van der Waals surface area contributed by atoms with Gasteiger partial charge in [0, 0.05) is 54.7 Å². The van der Waals surface area contributed by atoms with Gasteiger partial charge in [0.25, 0.3) is 0 Å². The van der Waals surface area contributed by atoms with Gasteiger partial charge < -0.3 is 15.1 Å². The molecular weight excluding hydrogens is 426 g/mol. The van der Waals surface area contributed by atoms with Gasteiger partial charge in [-0.05, 0) is 42.8 Å². The van der Waals surface area contributed by atoms with E-state index >= 15 is 0 Å². The zero-order valence-electron chi connectivity index (χ0n) is 17.7. The number of nitrogens with one attached hydrogen (secondary N) is 1. The molecule has 164 valence electrons. The minimum atomic E-state index is -0.194. The van der Waals surface area contributed by atoms with Crippen LogP contribution in [0.25, 0.3) is 11.8 Å². The number of aryl methyl sites for hydroxylation is 1. The third-order valence-corrected chi connectivity index (χ3v) is 5.75. The molecule has 2 aromatic carbocycles. The molecule has 0 bridgehead atoms. The van der Waals surface area contributed by atoms with Crippen molar-refractivity contribution in [2.45, 2.75) is 6.92 Å². The van der Waals surface area contributed by atoms with E-state index in [1.165, 1.54) is 0 Å². The molecule has 1 aliphatic rings. The van der Waals surface area contributed by atoms with Crippen molar-refractivity contribution in [3.05, 3.63) is 83.2 Å². The molecule has 1 fully saturated rings. The van der Waals surface area contributed by atoms with Crippen LogP contribution in [0.4, 0.5) is 10.5 Å². The number of rotatable bonds is 4. The van der Waals surface area contributed by atoms with Crippen LogP contribution in [0.15, 0.2) is 67.0 Å². The molecule has 0 radical (unpaired) electrons. The monoisotopic (exact) mass is 449 g/mol. The van der Waals surface area contributed by atoms with E-state index in [0.29, 0.717) is 36.9 Å². The minimum Gasteiger partial charge on any atom is -0.336 e. The maximum atomic E-state index is 12.6. The van der Waals surface area contributed by atoms with E-state index in [-0.39, 0.29) is 11.9 Å². The second kappa shape index (κ2) is 9.70. The number of halogens is 1. The smallest absolute Gasteiger partial charge is 0.321 e. The highest BCUT2D eigenvalue weighted by Gasteiger charge is 2.23. The number of nitrogens with zero attached hydrogens (tertiary/aromatic N) is 4. The maximum Gasteiger partial charge on any atom is 0.321 e. The Hall–Kier alpha value is -3.58. The number of para-hydroxylation sites is 1. The summed E-state index contributed by atoms with van der Waals surface area (Å²) < 4.78 is 1.77. The van der Waals surface area contributed by atoms with Crippen molar-refractivity contribution in [2.24, 2.45) is 0 Å². The van der Waals surface area contributed by atoms with Crippen LogP contribution in [0.5, 0.6) is 0 Å². The van der Waals surface area contributed by atoms with Crippen LogP contribution in [0, 0.1) is 6.92 Å². The van der Waals surface area contributed by atoms with E-state index < -0.39 is 0 Å². The lowest BCUT2D eigenvalue weighted by Gasteiger charge is -2.34. The first-order valence-corrected chi connectivity index (χ1v) is 10.8. The number of benzene rings is 2. The second-order valence-electron chi connectivity index (χ2n) is 7.59. The summed E-state index contributed by atoms with van der Waals surface area (Å²) in [7, 11) is 0. The Labute approximate surface area is 191 Å². The van der Waals surface area contributed by atoms with Crippen molar-refractivity contribution >= 4 is 35.3 Å². The van der Waals surface area contributed by atoms with Gasteiger partial charge in [-0.25, -0.2) is 9.48 Å². The minimum absolute atomic E-state index is 0.0807. The number of carbonyl (C=O) groups is 2. The zero-order chi connectivity index (χ0) is 22.5. The Morgan fingerprint density at radius 1 is 1.03 bits per heavy atom. The number of hydrogen-bond acceptors (Lipinski definition) is 3. The third kappa shape index (κ3) is 5.18. The molecule has 1 aromatic heterocycles. The van der Waals surface area contributed by atoms with Gasteiger partial charge in [-0.2, -0.15) is 5.10 Å². The summed E-state index contributed by atoms with van der Waals surface area (Å²) in [6.45, 7) is 3.81. The molecule has 0 atom stereocenters. The molecule has 0 aliphatic carbocycles. The molecule has 0 unspecified atom stereocenters. The number of carbonyl (C=O) groups excluding carboxylic acids is 2. The molecule has 3 aromatic rings. The summed E-state index contributed by atoms with van der Waals surface area (Å²) in [6, 6.07) is 15.0. The van der Waals surface area contributed by atoms with Gasteiger partial charge in [0.05, 0.1) is 11.9 Å². The van der Waals surface area contributed by atoms with Crippen molar-refractivity contribution in [2.75, 3.05) is 31.5 Å². The number of piperazine rings is 1. The number of aromatic nitrogens is 2. The average Bonchev–Trinajstić information content (AvgIpc) is 3.30. The first-order valence-electron chi connectivity index (χ1n) is 10.4. The molecule has 4 rings (SSSR count). The molecule has 7 nitrogen and oxygen atoms in total. The molecule has 2 heterocycles. The fourth-order valence-electron chi connectivity index (χ4n) is 3.42. The predicted octanol–water partition coefficient (Wildman–Crippen LogP) is 4.22. The van der Waals surface area contributed by atoms with Gasteiger partial charge in [0.15, 0.2) is 0 Å². The molecular formula is C24H24ClN5O2. The van der Waals surface area contributed by atoms with E-state index in [9.17, 15) is 9.59 Å². The summed E-state index contributed by atoms with van der Waals surface area (Å²) in [5, 5.41) is 7.80. The lowest BCUT2D eigenvalue weighted by Crippen LogP contribution is -2.51. The van der Waals surface area contributed by atoms with Crippen LogP contribution in [-0.4, -0.2) is 57.7 Å². The van der Waals surface area contributed by atoms with Crippen molar-refractivity contribution < 1.29 is 9.59 Å². The Kier molecular flexibility index (Phi) is 6.56. The quantitative estimate of drug-likeness (QED) is 0.606. The van der Waals surface area contributed by atoms with Crippen LogP contribution < -0.4 is 5.32 Å². The molecule has 1 aliphatic heterocycles. The lowest BCUT2D eigenvalue weighted by molar-refractivity contribution is -0.127. The number of hydrogen-bond donors (Lipinski definition) is 1. The van der Waals surface area contributed by atoms with Crippen LogP contribution >= 0.6 is 11.6 Å². The summed E-state index contributed by atoms with van der Waals surface area (Å²) in [4.78, 5) is 28.5. The summed E-state index contributed by atoms with van der Waals surface area (Å²) in [6.07, 6.45) is 6.90. The van der Waals surface area contributed by atoms with Crippen molar-refractivity contribution in [1.29, 1.82) is 0 Å². The summed E-state index contributed by atoms with van der Waals surface area (Å²) in [5.74, 6) is -0.0807. The zero-order valence-corrected chi connectivity index (χ0v) is 18.5. The normalized spacial score (nSPS) is 14.1. The van der Waals surface area contributed by atoms with Crippen LogP contribution in [-0.2, 0) is 4.79 Å². The fourth-order valence-corrected chi connectivity index (χ4v) is 3.60. The van der Waals surface area contributed by atoms with Crippen molar-refractivity contribution in [3.8, 4) is 5.69 Å². The molecule has 8 heteroatoms. The standard InChI is InChI=1S/C24H24ClN5O2/c1-18-7-9-20(15-22(18)25)27-24(32)29-13-11-28(12-14-29)23(31)10-8-19-16-26-30(17-19)21-5-3-2-4-6-21/h2-10,15-17H,11-14H2,1H3,(H,27,32)/b10-8+. The third-order valence-electron chi connectivity index (χ3n) is 5.34. The Morgan fingerprint density at radius 2 is 1.75 bits per heavy atom. The SMILES string of the molecule is Cc1ccc(NC(=O)N2CCN(C(=O)/C=C/c3cnn(-c4ccccc4)c3)CC2)cc1Cl. The highest BCUT2D eigenvalue weighted by atomic mass is 35.5. The van der Waals surface area contributed by atoms with Crippen LogP contribution in [0.2, 0.25) is 5.02 Å². The van der Waals surface area contributed by atoms with E-state index in [0.717, 1.165) is 16.8 Å². The Balaban J connectivity index is 1.28. The van der Waals surface area contributed by atoms with Gasteiger partial charge in [-0.3, -0.25) is 4.79 Å². The van der Waals surface area contributed by atoms with Crippen molar-refractivity contribution in [1.82, 2.24) is 19.6 Å². The molecule has 3 amide bonds. The van der Waals surface area contributed by atoms with E-state index in [4.69, 9.17) is 11.6 Å². The van der Waals surface area contributed by atoms with Gasteiger partial charge >= 0.3 is 6.03 Å². The van der Waals surface area contributed by atoms with Gasteiger partial charge in [0.1, 0.15) is 0 Å². The highest BCUT2D eigenvalue weighted by Crippen LogP contribution is 2.20. The summed E-state index contributed by atoms with van der Waals surface area (Å²) >= 11 is 6.12. The molecule has 1 saturated heterocycles. The van der Waals surface area contributed by atoms with E-state index in [2.05, 4.69) is 10.4 Å². The average molecular weight is 450 g/mol. The fraction of sp³-hybridized carbons (Fsp3) is 0.208. The second-order valence-corrected chi connectivity index (χ2v) is 8.00. The molecule has 0 spiro atoms. The van der Waals surface area contributed by atoms with Crippen molar-refractivity contribution in [3.63, 3.8) is 0 Å². The topological polar surface area (TPSA) is 70.5 Å². The maximum absolute atomic E-state index is 12.6. The molecule has 32 heavy (non-hydrogen) atoms. The van der Waals surface area contributed by atoms with E-state index in [1.807, 2.05) is 55.6 Å². The number of anilines is 1. The number of urea groups is 1. The number of amides is 3. The van der Waals surface area contributed by atoms with Gasteiger partial charge in [-0.1, -0.05) is 35.9 Å². The lowest BCUT2D eigenvalue weighted by atomic mass is 10.2. The molecule has 0 saturated carbocycles. The van der Waals surface area contributed by atoms with E-state index in [1.54, 1.807) is 38.9 Å². The first kappa shape index (κ1) is 21.6. The van der Waals surface area contributed by atoms with Gasteiger partial charge in [0.2, 0.25) is 5.91 Å². The Morgan fingerprint density at radius 3 is 2.47 bits per heavy atom. The van der Waals surface area contributed by atoms with Crippen LogP contribution in [0.1, 0.15) is 11.1 Å². The summed E-state index contributed by atoms with van der Waals surface area (Å²) in [5.41, 5.74) is 3.41. The van der Waals surface area contributed by atoms with Crippen LogP contribution in [0.3, 0.4) is 0 Å². The first-order chi connectivity index (χ1) is 15.5.